The van der Waals surface area contributed by atoms with Gasteiger partial charge in [0.2, 0.25) is 11.7 Å². The Morgan fingerprint density at radius 1 is 1.21 bits per heavy atom. The fraction of sp³-hybridized carbons (Fsp3) is 0.467. The lowest BCUT2D eigenvalue weighted by atomic mass is 9.83. The molecule has 1 N–H and O–H groups in total. The molecule has 1 aromatic carbocycles. The number of rotatable bonds is 5. The summed E-state index contributed by atoms with van der Waals surface area (Å²) in [5.41, 5.74) is 1.66. The van der Waals surface area contributed by atoms with Gasteiger partial charge in [-0.2, -0.15) is 4.98 Å². The van der Waals surface area contributed by atoms with Gasteiger partial charge in [-0.05, 0) is 25.3 Å². The van der Waals surface area contributed by atoms with Gasteiger partial charge in [-0.15, -0.1) is 0 Å². The number of benzene rings is 1. The summed E-state index contributed by atoms with van der Waals surface area (Å²) in [5.74, 6) is 1.12. The average molecular weight is 260 g/mol. The third-order valence-corrected chi connectivity index (χ3v) is 3.92. The van der Waals surface area contributed by atoms with Crippen molar-refractivity contribution in [2.24, 2.45) is 0 Å². The smallest absolute Gasteiger partial charge is 0.235 e. The number of hydrogen-bond acceptors (Lipinski definition) is 4. The first-order valence-corrected chi connectivity index (χ1v) is 6.68. The van der Waals surface area contributed by atoms with E-state index in [9.17, 15) is 5.11 Å². The monoisotopic (exact) mass is 260 g/mol. The van der Waals surface area contributed by atoms with Gasteiger partial charge in [-0.1, -0.05) is 43.3 Å². The quantitative estimate of drug-likeness (QED) is 0.897. The first-order chi connectivity index (χ1) is 9.16. The van der Waals surface area contributed by atoms with E-state index in [1.54, 1.807) is 0 Å². The van der Waals surface area contributed by atoms with E-state index in [0.29, 0.717) is 11.7 Å². The van der Waals surface area contributed by atoms with E-state index >= 15 is 0 Å². The van der Waals surface area contributed by atoms with Crippen LogP contribution in [-0.4, -0.2) is 21.9 Å². The summed E-state index contributed by atoms with van der Waals surface area (Å²) >= 11 is 0. The van der Waals surface area contributed by atoms with Crippen molar-refractivity contribution in [2.45, 2.75) is 39.0 Å². The zero-order chi connectivity index (χ0) is 13.9. The maximum Gasteiger partial charge on any atom is 0.235 e. The van der Waals surface area contributed by atoms with Crippen LogP contribution in [0.3, 0.4) is 0 Å². The summed E-state index contributed by atoms with van der Waals surface area (Å²) in [5, 5.41) is 13.7. The van der Waals surface area contributed by atoms with Gasteiger partial charge >= 0.3 is 0 Å². The van der Waals surface area contributed by atoms with E-state index in [-0.39, 0.29) is 6.61 Å². The van der Waals surface area contributed by atoms with Gasteiger partial charge in [-0.25, -0.2) is 0 Å². The number of aliphatic hydroxyl groups is 1. The molecule has 0 fully saturated rings. The highest BCUT2D eigenvalue weighted by atomic mass is 16.5. The lowest BCUT2D eigenvalue weighted by Crippen LogP contribution is -2.29. The SMILES string of the molecule is CCC(CC)(CO)c1nc(-c2ccccc2C)no1. The number of aromatic nitrogens is 2. The topological polar surface area (TPSA) is 59.2 Å². The van der Waals surface area contributed by atoms with Crippen LogP contribution in [0.1, 0.15) is 38.1 Å². The molecular weight excluding hydrogens is 240 g/mol. The lowest BCUT2D eigenvalue weighted by Gasteiger charge is -2.24. The molecule has 0 aliphatic carbocycles. The summed E-state index contributed by atoms with van der Waals surface area (Å²) in [4.78, 5) is 4.49. The molecule has 2 aromatic rings. The molecule has 0 saturated heterocycles. The Kier molecular flexibility index (Phi) is 4.00. The largest absolute Gasteiger partial charge is 0.395 e. The fourth-order valence-electron chi connectivity index (χ4n) is 2.22. The van der Waals surface area contributed by atoms with E-state index in [0.717, 1.165) is 24.0 Å². The summed E-state index contributed by atoms with van der Waals surface area (Å²) in [6.45, 7) is 6.09. The molecule has 2 rings (SSSR count). The van der Waals surface area contributed by atoms with E-state index in [1.807, 2.05) is 45.0 Å². The highest BCUT2D eigenvalue weighted by Crippen LogP contribution is 2.31. The highest BCUT2D eigenvalue weighted by Gasteiger charge is 2.34. The third-order valence-electron chi connectivity index (χ3n) is 3.92. The maximum atomic E-state index is 9.64. The van der Waals surface area contributed by atoms with Crippen LogP contribution in [0.25, 0.3) is 11.4 Å². The van der Waals surface area contributed by atoms with Gasteiger partial charge in [0.25, 0.3) is 0 Å². The molecule has 0 aliphatic heterocycles. The molecule has 0 spiro atoms. The molecule has 102 valence electrons. The van der Waals surface area contributed by atoms with Crippen LogP contribution in [0.15, 0.2) is 28.8 Å². The second kappa shape index (κ2) is 5.53. The minimum atomic E-state index is -0.423. The van der Waals surface area contributed by atoms with Gasteiger partial charge in [-0.3, -0.25) is 0 Å². The summed E-state index contributed by atoms with van der Waals surface area (Å²) < 4.78 is 5.39. The standard InChI is InChI=1S/C15H20N2O2/c1-4-15(5-2,10-18)14-16-13(17-19-14)12-9-7-6-8-11(12)3/h6-9,18H,4-5,10H2,1-3H3. The minimum absolute atomic E-state index is 0.0232. The molecule has 0 atom stereocenters. The number of nitrogens with zero attached hydrogens (tertiary/aromatic N) is 2. The van der Waals surface area contributed by atoms with Crippen LogP contribution in [0.2, 0.25) is 0 Å². The first-order valence-electron chi connectivity index (χ1n) is 6.68. The molecule has 0 saturated carbocycles. The molecule has 4 heteroatoms. The molecule has 0 radical (unpaired) electrons. The fourth-order valence-corrected chi connectivity index (χ4v) is 2.22. The predicted octanol–water partition coefficient (Wildman–Crippen LogP) is 3.10. The number of aliphatic hydroxyl groups excluding tert-OH is 1. The Hall–Kier alpha value is -1.68. The van der Waals surface area contributed by atoms with Crippen molar-refractivity contribution >= 4 is 0 Å². The van der Waals surface area contributed by atoms with Gasteiger partial charge in [0.15, 0.2) is 0 Å². The van der Waals surface area contributed by atoms with Crippen LogP contribution in [0.4, 0.5) is 0 Å². The number of hydrogen-bond donors (Lipinski definition) is 1. The zero-order valence-electron chi connectivity index (χ0n) is 11.7. The Labute approximate surface area is 113 Å². The van der Waals surface area contributed by atoms with Crippen molar-refractivity contribution in [1.82, 2.24) is 10.1 Å². The molecule has 1 aromatic heterocycles. The lowest BCUT2D eigenvalue weighted by molar-refractivity contribution is 0.146. The molecule has 4 nitrogen and oxygen atoms in total. The maximum absolute atomic E-state index is 9.64. The minimum Gasteiger partial charge on any atom is -0.395 e. The molecule has 19 heavy (non-hydrogen) atoms. The second-order valence-corrected chi connectivity index (χ2v) is 4.88. The Morgan fingerprint density at radius 3 is 2.47 bits per heavy atom. The van der Waals surface area contributed by atoms with Crippen molar-refractivity contribution in [3.05, 3.63) is 35.7 Å². The summed E-state index contributed by atoms with van der Waals surface area (Å²) in [6, 6.07) is 7.93. The van der Waals surface area contributed by atoms with Crippen LogP contribution in [0, 0.1) is 6.92 Å². The molecule has 0 amide bonds. The van der Waals surface area contributed by atoms with Gasteiger partial charge in [0.05, 0.1) is 12.0 Å². The normalized spacial score (nSPS) is 11.8. The molecule has 0 aliphatic rings. The van der Waals surface area contributed by atoms with E-state index in [1.165, 1.54) is 0 Å². The highest BCUT2D eigenvalue weighted by molar-refractivity contribution is 5.59. The Balaban J connectivity index is 2.42. The van der Waals surface area contributed by atoms with E-state index < -0.39 is 5.41 Å². The number of aryl methyl sites for hydroxylation is 1. The van der Waals surface area contributed by atoms with Crippen LogP contribution >= 0.6 is 0 Å². The Bertz CT molecular complexity index is 536. The van der Waals surface area contributed by atoms with Crippen LogP contribution < -0.4 is 0 Å². The van der Waals surface area contributed by atoms with Crippen molar-refractivity contribution < 1.29 is 9.63 Å². The van der Waals surface area contributed by atoms with E-state index in [2.05, 4.69) is 10.1 Å². The summed E-state index contributed by atoms with van der Waals surface area (Å²) in [6.07, 6.45) is 1.55. The third kappa shape index (κ3) is 2.40. The van der Waals surface area contributed by atoms with Crippen molar-refractivity contribution in [2.75, 3.05) is 6.61 Å². The van der Waals surface area contributed by atoms with Gasteiger partial charge < -0.3 is 9.63 Å². The molecular formula is C15H20N2O2. The molecule has 1 heterocycles. The summed E-state index contributed by atoms with van der Waals surface area (Å²) in [7, 11) is 0. The van der Waals surface area contributed by atoms with Crippen LogP contribution in [-0.2, 0) is 5.41 Å². The second-order valence-electron chi connectivity index (χ2n) is 4.88. The van der Waals surface area contributed by atoms with Gasteiger partial charge in [0, 0.05) is 5.56 Å². The van der Waals surface area contributed by atoms with Crippen molar-refractivity contribution in [1.29, 1.82) is 0 Å². The Morgan fingerprint density at radius 2 is 1.89 bits per heavy atom. The average Bonchev–Trinajstić information content (AvgIpc) is 2.92. The predicted molar refractivity (Wildman–Crippen MR) is 73.8 cm³/mol. The van der Waals surface area contributed by atoms with Gasteiger partial charge in [0.1, 0.15) is 0 Å². The van der Waals surface area contributed by atoms with Crippen molar-refractivity contribution in [3.63, 3.8) is 0 Å². The zero-order valence-corrected chi connectivity index (χ0v) is 11.7. The molecule has 0 bridgehead atoms. The van der Waals surface area contributed by atoms with Crippen molar-refractivity contribution in [3.8, 4) is 11.4 Å². The first kappa shape index (κ1) is 13.7. The van der Waals surface area contributed by atoms with E-state index in [4.69, 9.17) is 4.52 Å². The molecule has 0 unspecified atom stereocenters. The van der Waals surface area contributed by atoms with Crippen LogP contribution in [0.5, 0.6) is 0 Å².